The van der Waals surface area contributed by atoms with Crippen LogP contribution < -0.4 is 20.1 Å². The number of carbonyl (C=O) groups is 1. The number of anilines is 2. The minimum Gasteiger partial charge on any atom is -0.495 e. The molecule has 2 aromatic carbocycles. The molecule has 0 aromatic heterocycles. The number of nitrogens with one attached hydrogen (secondary N) is 2. The van der Waals surface area contributed by atoms with Gasteiger partial charge in [-0.2, -0.15) is 0 Å². The van der Waals surface area contributed by atoms with Crippen LogP contribution in [-0.2, 0) is 4.79 Å². The number of nitrogens with zero attached hydrogens (tertiary/aromatic N) is 1. The summed E-state index contributed by atoms with van der Waals surface area (Å²) < 4.78 is 10.3. The van der Waals surface area contributed by atoms with Crippen molar-refractivity contribution in [2.24, 2.45) is 0 Å². The van der Waals surface area contributed by atoms with Crippen molar-refractivity contribution in [3.05, 3.63) is 51.5 Å². The second-order valence-corrected chi connectivity index (χ2v) is 5.59. The molecule has 0 saturated heterocycles. The van der Waals surface area contributed by atoms with E-state index in [1.807, 2.05) is 0 Å². The molecule has 1 amide bonds. The third kappa shape index (κ3) is 4.76. The Morgan fingerprint density at radius 1 is 1.15 bits per heavy atom. The highest BCUT2D eigenvalue weighted by molar-refractivity contribution is 6.32. The first kappa shape index (κ1) is 19.3. The van der Waals surface area contributed by atoms with E-state index in [1.54, 1.807) is 30.3 Å². The molecule has 0 aliphatic heterocycles. The molecular formula is C17H18ClN3O5. The summed E-state index contributed by atoms with van der Waals surface area (Å²) in [7, 11) is 2.93. The number of benzene rings is 2. The smallest absolute Gasteiger partial charge is 0.292 e. The van der Waals surface area contributed by atoms with Gasteiger partial charge >= 0.3 is 0 Å². The molecule has 0 bridgehead atoms. The fraction of sp³-hybridized carbons (Fsp3) is 0.235. The molecule has 138 valence electrons. The normalized spacial score (nSPS) is 10.1. The van der Waals surface area contributed by atoms with Gasteiger partial charge in [0.1, 0.15) is 17.2 Å². The standard InChI is InChI=1S/C17H18ClN3O5/c1-25-15-10-13(16(26-2)9-11(15)18)20-17(22)7-8-19-12-5-3-4-6-14(12)21(23)24/h3-6,9-10,19H,7-8H2,1-2H3,(H,20,22). The summed E-state index contributed by atoms with van der Waals surface area (Å²) in [5.41, 5.74) is 0.734. The molecule has 0 heterocycles. The Kier molecular flexibility index (Phi) is 6.62. The molecule has 0 aliphatic rings. The third-order valence-corrected chi connectivity index (χ3v) is 3.81. The molecule has 0 radical (unpaired) electrons. The molecule has 26 heavy (non-hydrogen) atoms. The summed E-state index contributed by atoms with van der Waals surface area (Å²) in [6, 6.07) is 9.35. The number of methoxy groups -OCH3 is 2. The van der Waals surface area contributed by atoms with Crippen LogP contribution in [0.3, 0.4) is 0 Å². The highest BCUT2D eigenvalue weighted by Crippen LogP contribution is 2.35. The van der Waals surface area contributed by atoms with E-state index in [-0.39, 0.29) is 24.6 Å². The third-order valence-electron chi connectivity index (χ3n) is 3.52. The molecule has 0 atom stereocenters. The van der Waals surface area contributed by atoms with E-state index in [9.17, 15) is 14.9 Å². The van der Waals surface area contributed by atoms with Crippen molar-refractivity contribution in [2.75, 3.05) is 31.4 Å². The van der Waals surface area contributed by atoms with Crippen LogP contribution in [0.4, 0.5) is 17.1 Å². The van der Waals surface area contributed by atoms with E-state index >= 15 is 0 Å². The lowest BCUT2D eigenvalue weighted by Gasteiger charge is -2.13. The number of halogens is 1. The van der Waals surface area contributed by atoms with Crippen LogP contribution in [0, 0.1) is 10.1 Å². The SMILES string of the molecule is COc1cc(NC(=O)CCNc2ccccc2[N+](=O)[O-])c(OC)cc1Cl. The topological polar surface area (TPSA) is 103 Å². The first-order valence-corrected chi connectivity index (χ1v) is 8.02. The zero-order valence-corrected chi connectivity index (χ0v) is 15.0. The molecule has 8 nitrogen and oxygen atoms in total. The molecule has 2 N–H and O–H groups in total. The molecule has 0 saturated carbocycles. The Bertz CT molecular complexity index is 813. The number of para-hydroxylation sites is 2. The molecule has 0 unspecified atom stereocenters. The van der Waals surface area contributed by atoms with E-state index in [2.05, 4.69) is 10.6 Å². The number of ether oxygens (including phenoxy) is 2. The number of nitro groups is 1. The molecule has 2 aromatic rings. The lowest BCUT2D eigenvalue weighted by molar-refractivity contribution is -0.384. The molecule has 9 heteroatoms. The minimum atomic E-state index is -0.479. The van der Waals surface area contributed by atoms with Gasteiger partial charge < -0.3 is 20.1 Å². The number of hydrogen-bond acceptors (Lipinski definition) is 6. The maximum Gasteiger partial charge on any atom is 0.292 e. The summed E-state index contributed by atoms with van der Waals surface area (Å²) in [5.74, 6) is 0.510. The molecule has 0 spiro atoms. The van der Waals surface area contributed by atoms with Crippen molar-refractivity contribution in [3.63, 3.8) is 0 Å². The molecule has 0 aliphatic carbocycles. The van der Waals surface area contributed by atoms with E-state index < -0.39 is 4.92 Å². The van der Waals surface area contributed by atoms with E-state index in [0.717, 1.165) is 0 Å². The Morgan fingerprint density at radius 3 is 2.50 bits per heavy atom. The van der Waals surface area contributed by atoms with Crippen LogP contribution in [0.1, 0.15) is 6.42 Å². The zero-order chi connectivity index (χ0) is 19.1. The van der Waals surface area contributed by atoms with Crippen molar-refractivity contribution in [2.45, 2.75) is 6.42 Å². The van der Waals surface area contributed by atoms with E-state index in [1.165, 1.54) is 20.3 Å². The van der Waals surface area contributed by atoms with Crippen LogP contribution in [0.5, 0.6) is 11.5 Å². The fourth-order valence-corrected chi connectivity index (χ4v) is 2.49. The zero-order valence-electron chi connectivity index (χ0n) is 14.2. The lowest BCUT2D eigenvalue weighted by Crippen LogP contribution is -2.17. The summed E-state index contributed by atoms with van der Waals surface area (Å²) in [6.07, 6.45) is 0.0974. The maximum atomic E-state index is 12.2. The van der Waals surface area contributed by atoms with Gasteiger partial charge in [0.2, 0.25) is 5.91 Å². The Balaban J connectivity index is 1.99. The molecule has 0 fully saturated rings. The first-order chi connectivity index (χ1) is 12.5. The fourth-order valence-electron chi connectivity index (χ4n) is 2.26. The van der Waals surface area contributed by atoms with Crippen LogP contribution in [-0.4, -0.2) is 31.6 Å². The van der Waals surface area contributed by atoms with Crippen molar-refractivity contribution in [3.8, 4) is 11.5 Å². The lowest BCUT2D eigenvalue weighted by atomic mass is 10.2. The van der Waals surface area contributed by atoms with Crippen molar-refractivity contribution < 1.29 is 19.2 Å². The molecule has 2 rings (SSSR count). The second kappa shape index (κ2) is 8.91. The average Bonchev–Trinajstić information content (AvgIpc) is 2.63. The predicted octanol–water partition coefficient (Wildman–Crippen LogP) is 3.71. The Morgan fingerprint density at radius 2 is 1.85 bits per heavy atom. The number of amides is 1. The van der Waals surface area contributed by atoms with E-state index in [4.69, 9.17) is 21.1 Å². The van der Waals surface area contributed by atoms with Crippen molar-refractivity contribution in [1.82, 2.24) is 0 Å². The minimum absolute atomic E-state index is 0.0444. The number of rotatable bonds is 8. The first-order valence-electron chi connectivity index (χ1n) is 7.65. The number of hydrogen-bond donors (Lipinski definition) is 2. The van der Waals surface area contributed by atoms with Gasteiger partial charge in [-0.3, -0.25) is 14.9 Å². The Labute approximate surface area is 155 Å². The van der Waals surface area contributed by atoms with Gasteiger partial charge in [0.25, 0.3) is 5.69 Å². The van der Waals surface area contributed by atoms with Gasteiger partial charge in [-0.05, 0) is 6.07 Å². The largest absolute Gasteiger partial charge is 0.495 e. The van der Waals surface area contributed by atoms with Gasteiger partial charge in [0.15, 0.2) is 0 Å². The average molecular weight is 380 g/mol. The highest BCUT2D eigenvalue weighted by atomic mass is 35.5. The summed E-state index contributed by atoms with van der Waals surface area (Å²) in [5, 5.41) is 16.9. The predicted molar refractivity (Wildman–Crippen MR) is 99.4 cm³/mol. The monoisotopic (exact) mass is 379 g/mol. The quantitative estimate of drug-likeness (QED) is 0.535. The number of carbonyl (C=O) groups excluding carboxylic acids is 1. The number of nitro benzene ring substituents is 1. The van der Waals surface area contributed by atoms with Crippen molar-refractivity contribution >= 4 is 34.6 Å². The summed E-state index contributed by atoms with van der Waals surface area (Å²) in [4.78, 5) is 22.6. The van der Waals surface area contributed by atoms with Gasteiger partial charge in [0.05, 0.1) is 29.9 Å². The van der Waals surface area contributed by atoms with Crippen LogP contribution in [0.25, 0.3) is 0 Å². The second-order valence-electron chi connectivity index (χ2n) is 5.19. The van der Waals surface area contributed by atoms with Crippen LogP contribution >= 0.6 is 11.6 Å². The Hall–Kier alpha value is -3.00. The van der Waals surface area contributed by atoms with Crippen molar-refractivity contribution in [1.29, 1.82) is 0 Å². The molecular weight excluding hydrogens is 362 g/mol. The van der Waals surface area contributed by atoms with Crippen LogP contribution in [0.15, 0.2) is 36.4 Å². The van der Waals surface area contributed by atoms with Gasteiger partial charge in [-0.15, -0.1) is 0 Å². The summed E-state index contributed by atoms with van der Waals surface area (Å²) >= 11 is 6.03. The highest BCUT2D eigenvalue weighted by Gasteiger charge is 2.14. The van der Waals surface area contributed by atoms with Gasteiger partial charge in [0, 0.05) is 31.2 Å². The van der Waals surface area contributed by atoms with Gasteiger partial charge in [-0.25, -0.2) is 0 Å². The summed E-state index contributed by atoms with van der Waals surface area (Å²) in [6.45, 7) is 0.226. The van der Waals surface area contributed by atoms with Gasteiger partial charge in [-0.1, -0.05) is 23.7 Å². The maximum absolute atomic E-state index is 12.2. The van der Waals surface area contributed by atoms with E-state index in [0.29, 0.717) is 27.9 Å². The van der Waals surface area contributed by atoms with Crippen LogP contribution in [0.2, 0.25) is 5.02 Å².